The van der Waals surface area contributed by atoms with Crippen molar-refractivity contribution in [1.82, 2.24) is 9.03 Å². The molecule has 0 aliphatic heterocycles. The van der Waals surface area contributed by atoms with Gasteiger partial charge in [0, 0.05) is 19.6 Å². The maximum Gasteiger partial charge on any atom is 0.279 e. The van der Waals surface area contributed by atoms with Crippen LogP contribution in [0.3, 0.4) is 0 Å². The molecule has 118 valence electrons. The van der Waals surface area contributed by atoms with Gasteiger partial charge in [0.05, 0.1) is 6.10 Å². The largest absolute Gasteiger partial charge is 0.393 e. The summed E-state index contributed by atoms with van der Waals surface area (Å²) in [6.07, 6.45) is 8.68. The molecule has 6 heteroatoms. The molecule has 20 heavy (non-hydrogen) atoms. The SMILES string of the molecule is CN(C1CCCCC1)S(=O)(=O)NCC1CCC(O)CC1. The Morgan fingerprint density at radius 2 is 1.65 bits per heavy atom. The molecule has 5 nitrogen and oxygen atoms in total. The highest BCUT2D eigenvalue weighted by atomic mass is 32.2. The van der Waals surface area contributed by atoms with Gasteiger partial charge in [-0.15, -0.1) is 0 Å². The van der Waals surface area contributed by atoms with Crippen LogP contribution >= 0.6 is 0 Å². The molecular formula is C14H28N2O3S. The van der Waals surface area contributed by atoms with E-state index in [2.05, 4.69) is 4.72 Å². The maximum absolute atomic E-state index is 12.3. The van der Waals surface area contributed by atoms with E-state index >= 15 is 0 Å². The summed E-state index contributed by atoms with van der Waals surface area (Å²) >= 11 is 0. The third-order valence-electron chi connectivity index (χ3n) is 4.84. The molecule has 0 atom stereocenters. The van der Waals surface area contributed by atoms with E-state index in [1.165, 1.54) is 10.7 Å². The van der Waals surface area contributed by atoms with Crippen LogP contribution in [0.2, 0.25) is 0 Å². The van der Waals surface area contributed by atoms with Crippen molar-refractivity contribution in [3.63, 3.8) is 0 Å². The second-order valence-electron chi connectivity index (χ2n) is 6.34. The Morgan fingerprint density at radius 1 is 1.05 bits per heavy atom. The molecule has 2 fully saturated rings. The number of aliphatic hydroxyl groups is 1. The summed E-state index contributed by atoms with van der Waals surface area (Å²) in [4.78, 5) is 0. The monoisotopic (exact) mass is 304 g/mol. The van der Waals surface area contributed by atoms with Crippen LogP contribution < -0.4 is 4.72 Å². The fourth-order valence-electron chi connectivity index (χ4n) is 3.31. The highest BCUT2D eigenvalue weighted by Gasteiger charge is 2.28. The molecule has 0 aromatic rings. The van der Waals surface area contributed by atoms with Crippen molar-refractivity contribution in [2.45, 2.75) is 69.9 Å². The second kappa shape index (κ2) is 7.20. The fraction of sp³-hybridized carbons (Fsp3) is 1.00. The summed E-state index contributed by atoms with van der Waals surface area (Å²) in [5.41, 5.74) is 0. The number of hydrogen-bond acceptors (Lipinski definition) is 3. The number of nitrogens with zero attached hydrogens (tertiary/aromatic N) is 1. The van der Waals surface area contributed by atoms with Gasteiger partial charge >= 0.3 is 0 Å². The normalized spacial score (nSPS) is 29.8. The standard InChI is InChI=1S/C14H28N2O3S/c1-16(13-5-3-2-4-6-13)20(18,19)15-11-12-7-9-14(17)10-8-12/h12-15,17H,2-11H2,1H3. The summed E-state index contributed by atoms with van der Waals surface area (Å²) < 4.78 is 28.9. The molecule has 2 aliphatic rings. The van der Waals surface area contributed by atoms with Crippen molar-refractivity contribution in [3.05, 3.63) is 0 Å². The van der Waals surface area contributed by atoms with Gasteiger partial charge in [-0.25, -0.2) is 4.72 Å². The highest BCUT2D eigenvalue weighted by Crippen LogP contribution is 2.25. The quantitative estimate of drug-likeness (QED) is 0.811. The molecule has 0 radical (unpaired) electrons. The van der Waals surface area contributed by atoms with Crippen LogP contribution in [-0.2, 0) is 10.2 Å². The Bertz CT molecular complexity index is 385. The lowest BCUT2D eigenvalue weighted by Gasteiger charge is -2.31. The van der Waals surface area contributed by atoms with Gasteiger partial charge in [-0.05, 0) is 44.4 Å². The van der Waals surface area contributed by atoms with Gasteiger partial charge in [-0.2, -0.15) is 12.7 Å². The zero-order valence-corrected chi connectivity index (χ0v) is 13.2. The summed E-state index contributed by atoms with van der Waals surface area (Å²) in [7, 11) is -1.65. The molecule has 0 aromatic heterocycles. The van der Waals surface area contributed by atoms with E-state index in [-0.39, 0.29) is 12.1 Å². The van der Waals surface area contributed by atoms with Gasteiger partial charge in [0.15, 0.2) is 0 Å². The highest BCUT2D eigenvalue weighted by molar-refractivity contribution is 7.87. The van der Waals surface area contributed by atoms with Gasteiger partial charge in [-0.1, -0.05) is 19.3 Å². The molecule has 2 rings (SSSR count). The van der Waals surface area contributed by atoms with E-state index in [4.69, 9.17) is 0 Å². The fourth-order valence-corrected chi connectivity index (χ4v) is 4.57. The Kier molecular flexibility index (Phi) is 5.84. The van der Waals surface area contributed by atoms with Crippen molar-refractivity contribution >= 4 is 10.2 Å². The van der Waals surface area contributed by atoms with E-state index < -0.39 is 10.2 Å². The molecule has 0 saturated heterocycles. The minimum Gasteiger partial charge on any atom is -0.393 e. The Labute approximate surface area is 122 Å². The summed E-state index contributed by atoms with van der Waals surface area (Å²) in [6.45, 7) is 0.506. The molecule has 0 unspecified atom stereocenters. The van der Waals surface area contributed by atoms with Gasteiger partial charge < -0.3 is 5.11 Å². The molecule has 2 aliphatic carbocycles. The number of rotatable bonds is 5. The van der Waals surface area contributed by atoms with E-state index in [0.717, 1.165) is 51.4 Å². The number of aliphatic hydroxyl groups excluding tert-OH is 1. The van der Waals surface area contributed by atoms with Crippen LogP contribution in [0.25, 0.3) is 0 Å². The van der Waals surface area contributed by atoms with Crippen LogP contribution in [0, 0.1) is 5.92 Å². The smallest absolute Gasteiger partial charge is 0.279 e. The van der Waals surface area contributed by atoms with Gasteiger partial charge in [0.1, 0.15) is 0 Å². The molecular weight excluding hydrogens is 276 g/mol. The summed E-state index contributed by atoms with van der Waals surface area (Å²) in [5.74, 6) is 0.368. The molecule has 0 heterocycles. The second-order valence-corrected chi connectivity index (χ2v) is 8.15. The minimum absolute atomic E-state index is 0.162. The van der Waals surface area contributed by atoms with E-state index in [1.54, 1.807) is 7.05 Å². The molecule has 2 N–H and O–H groups in total. The van der Waals surface area contributed by atoms with Gasteiger partial charge in [0.2, 0.25) is 0 Å². The Hall–Kier alpha value is -0.170. The van der Waals surface area contributed by atoms with Crippen molar-refractivity contribution in [3.8, 4) is 0 Å². The first kappa shape index (κ1) is 16.2. The average Bonchev–Trinajstić information content (AvgIpc) is 2.47. The summed E-state index contributed by atoms with van der Waals surface area (Å²) in [6, 6.07) is 0.162. The third kappa shape index (κ3) is 4.41. The number of nitrogens with one attached hydrogen (secondary N) is 1. The van der Waals surface area contributed by atoms with E-state index in [1.807, 2.05) is 0 Å². The number of hydrogen-bond donors (Lipinski definition) is 2. The summed E-state index contributed by atoms with van der Waals surface area (Å²) in [5, 5.41) is 9.47. The van der Waals surface area contributed by atoms with Crippen molar-refractivity contribution in [2.24, 2.45) is 5.92 Å². The van der Waals surface area contributed by atoms with E-state index in [9.17, 15) is 13.5 Å². The maximum atomic E-state index is 12.3. The van der Waals surface area contributed by atoms with Crippen LogP contribution in [-0.4, -0.2) is 43.6 Å². The van der Waals surface area contributed by atoms with Crippen LogP contribution in [0.1, 0.15) is 57.8 Å². The first-order valence-electron chi connectivity index (χ1n) is 7.89. The van der Waals surface area contributed by atoms with Gasteiger partial charge in [0.25, 0.3) is 10.2 Å². The Morgan fingerprint density at radius 3 is 2.25 bits per heavy atom. The Balaban J connectivity index is 1.80. The third-order valence-corrected chi connectivity index (χ3v) is 6.43. The average molecular weight is 304 g/mol. The first-order chi connectivity index (χ1) is 9.49. The van der Waals surface area contributed by atoms with Crippen molar-refractivity contribution < 1.29 is 13.5 Å². The lowest BCUT2D eigenvalue weighted by atomic mass is 9.88. The topological polar surface area (TPSA) is 69.6 Å². The van der Waals surface area contributed by atoms with Crippen molar-refractivity contribution in [2.75, 3.05) is 13.6 Å². The zero-order valence-electron chi connectivity index (χ0n) is 12.4. The minimum atomic E-state index is -3.35. The molecule has 0 amide bonds. The molecule has 0 spiro atoms. The van der Waals surface area contributed by atoms with Crippen molar-refractivity contribution in [1.29, 1.82) is 0 Å². The molecule has 0 aromatic carbocycles. The predicted molar refractivity (Wildman–Crippen MR) is 79.5 cm³/mol. The van der Waals surface area contributed by atoms with Crippen LogP contribution in [0.5, 0.6) is 0 Å². The molecule has 0 bridgehead atoms. The zero-order chi connectivity index (χ0) is 14.6. The van der Waals surface area contributed by atoms with E-state index in [0.29, 0.717) is 12.5 Å². The lowest BCUT2D eigenvalue weighted by Crippen LogP contribution is -2.46. The predicted octanol–water partition coefficient (Wildman–Crippen LogP) is 1.64. The van der Waals surface area contributed by atoms with Gasteiger partial charge in [-0.3, -0.25) is 0 Å². The first-order valence-corrected chi connectivity index (χ1v) is 9.33. The molecule has 2 saturated carbocycles. The van der Waals surface area contributed by atoms with Crippen LogP contribution in [0.15, 0.2) is 0 Å². The van der Waals surface area contributed by atoms with Crippen LogP contribution in [0.4, 0.5) is 0 Å². The lowest BCUT2D eigenvalue weighted by molar-refractivity contribution is 0.109.